The zero-order valence-electron chi connectivity index (χ0n) is 8.40. The maximum atomic E-state index is 11.4. The van der Waals surface area contributed by atoms with E-state index in [9.17, 15) is 14.7 Å². The highest BCUT2D eigenvalue weighted by Crippen LogP contribution is 2.44. The molecule has 0 spiro atoms. The molecule has 2 aliphatic carbocycles. The number of ketones is 2. The minimum atomic E-state index is -0.355. The fourth-order valence-corrected chi connectivity index (χ4v) is 3.05. The van der Waals surface area contributed by atoms with E-state index < -0.39 is 0 Å². The van der Waals surface area contributed by atoms with Gasteiger partial charge in [0.05, 0.1) is 6.10 Å². The van der Waals surface area contributed by atoms with Gasteiger partial charge in [-0.05, 0) is 31.6 Å². The molecule has 0 aromatic heterocycles. The third-order valence-corrected chi connectivity index (χ3v) is 3.79. The Labute approximate surface area is 83.5 Å². The summed E-state index contributed by atoms with van der Waals surface area (Å²) in [5.41, 5.74) is 0. The van der Waals surface area contributed by atoms with Crippen molar-refractivity contribution in [3.8, 4) is 0 Å². The molecule has 4 unspecified atom stereocenters. The first kappa shape index (κ1) is 9.84. The van der Waals surface area contributed by atoms with Crippen molar-refractivity contribution in [2.24, 2.45) is 17.8 Å². The van der Waals surface area contributed by atoms with Crippen LogP contribution in [0.4, 0.5) is 0 Å². The van der Waals surface area contributed by atoms with E-state index in [0.29, 0.717) is 12.8 Å². The second kappa shape index (κ2) is 3.46. The van der Waals surface area contributed by atoms with Gasteiger partial charge in [0.1, 0.15) is 11.6 Å². The van der Waals surface area contributed by atoms with Gasteiger partial charge in [0, 0.05) is 18.8 Å². The summed E-state index contributed by atoms with van der Waals surface area (Å²) in [5.74, 6) is 0.471. The third-order valence-electron chi connectivity index (χ3n) is 3.79. The average Bonchev–Trinajstić information content (AvgIpc) is 2.47. The lowest BCUT2D eigenvalue weighted by molar-refractivity contribution is -0.134. The summed E-state index contributed by atoms with van der Waals surface area (Å²) in [5, 5.41) is 9.68. The number of aliphatic hydroxyl groups is 1. The summed E-state index contributed by atoms with van der Waals surface area (Å²) in [6.45, 7) is 1.56. The van der Waals surface area contributed by atoms with Crippen LogP contribution >= 0.6 is 0 Å². The second-order valence-electron chi connectivity index (χ2n) is 4.64. The van der Waals surface area contributed by atoms with E-state index >= 15 is 0 Å². The maximum absolute atomic E-state index is 11.4. The molecule has 3 heteroatoms. The van der Waals surface area contributed by atoms with Crippen LogP contribution in [0, 0.1) is 17.8 Å². The standard InChI is InChI=1S/C11H16O3/c1-6(12)9-4-7(13)5-10-8(9)2-3-11(10)14/h8-11,14H,2-5H2,1H3. The summed E-state index contributed by atoms with van der Waals surface area (Å²) in [6.07, 6.45) is 2.19. The van der Waals surface area contributed by atoms with Crippen molar-refractivity contribution < 1.29 is 14.7 Å². The van der Waals surface area contributed by atoms with Crippen molar-refractivity contribution in [2.75, 3.05) is 0 Å². The fourth-order valence-electron chi connectivity index (χ4n) is 3.05. The molecule has 2 aliphatic rings. The summed E-state index contributed by atoms with van der Waals surface area (Å²) in [7, 11) is 0. The van der Waals surface area contributed by atoms with Gasteiger partial charge < -0.3 is 5.11 Å². The highest BCUT2D eigenvalue weighted by Gasteiger charge is 2.45. The van der Waals surface area contributed by atoms with Crippen LogP contribution in [0.5, 0.6) is 0 Å². The Morgan fingerprint density at radius 1 is 1.29 bits per heavy atom. The molecular formula is C11H16O3. The number of fused-ring (bicyclic) bond motifs is 1. The molecule has 4 atom stereocenters. The van der Waals surface area contributed by atoms with Gasteiger partial charge in [-0.25, -0.2) is 0 Å². The Bertz CT molecular complexity index is 272. The average molecular weight is 196 g/mol. The Balaban J connectivity index is 2.20. The number of carbonyl (C=O) groups excluding carboxylic acids is 2. The molecule has 0 heterocycles. The van der Waals surface area contributed by atoms with Crippen molar-refractivity contribution in [1.82, 2.24) is 0 Å². The molecule has 78 valence electrons. The quantitative estimate of drug-likeness (QED) is 0.679. The molecule has 2 saturated carbocycles. The highest BCUT2D eigenvalue weighted by molar-refractivity contribution is 5.88. The van der Waals surface area contributed by atoms with Gasteiger partial charge >= 0.3 is 0 Å². The fraction of sp³-hybridized carbons (Fsp3) is 0.818. The van der Waals surface area contributed by atoms with Crippen LogP contribution in [0.25, 0.3) is 0 Å². The molecule has 14 heavy (non-hydrogen) atoms. The van der Waals surface area contributed by atoms with Gasteiger partial charge in [-0.2, -0.15) is 0 Å². The number of Topliss-reactive ketones (excluding diaryl/α,β-unsaturated/α-hetero) is 2. The first-order valence-corrected chi connectivity index (χ1v) is 5.30. The van der Waals surface area contributed by atoms with E-state index in [0.717, 1.165) is 12.8 Å². The van der Waals surface area contributed by atoms with E-state index in [1.54, 1.807) is 6.92 Å². The second-order valence-corrected chi connectivity index (χ2v) is 4.64. The first-order valence-electron chi connectivity index (χ1n) is 5.30. The molecule has 0 bridgehead atoms. The predicted molar refractivity (Wildman–Crippen MR) is 50.6 cm³/mol. The van der Waals surface area contributed by atoms with Crippen LogP contribution in [0.15, 0.2) is 0 Å². The van der Waals surface area contributed by atoms with Crippen molar-refractivity contribution >= 4 is 11.6 Å². The van der Waals surface area contributed by atoms with Gasteiger partial charge in [-0.15, -0.1) is 0 Å². The number of hydrogen-bond acceptors (Lipinski definition) is 3. The van der Waals surface area contributed by atoms with Gasteiger partial charge in [0.2, 0.25) is 0 Å². The van der Waals surface area contributed by atoms with E-state index in [2.05, 4.69) is 0 Å². The summed E-state index contributed by atoms with van der Waals surface area (Å²) < 4.78 is 0. The largest absolute Gasteiger partial charge is 0.393 e. The van der Waals surface area contributed by atoms with Crippen LogP contribution in [0.3, 0.4) is 0 Å². The molecule has 0 saturated heterocycles. The molecule has 3 nitrogen and oxygen atoms in total. The molecule has 2 fully saturated rings. The zero-order valence-corrected chi connectivity index (χ0v) is 8.40. The van der Waals surface area contributed by atoms with E-state index in [4.69, 9.17) is 0 Å². The lowest BCUT2D eigenvalue weighted by Crippen LogP contribution is -2.36. The van der Waals surface area contributed by atoms with Crippen molar-refractivity contribution in [3.05, 3.63) is 0 Å². The molecule has 1 N–H and O–H groups in total. The van der Waals surface area contributed by atoms with Gasteiger partial charge in [0.25, 0.3) is 0 Å². The van der Waals surface area contributed by atoms with Crippen LogP contribution < -0.4 is 0 Å². The van der Waals surface area contributed by atoms with Crippen LogP contribution in [0.1, 0.15) is 32.6 Å². The van der Waals surface area contributed by atoms with Crippen molar-refractivity contribution in [2.45, 2.75) is 38.7 Å². The Kier molecular flexibility index (Phi) is 2.43. The number of aliphatic hydroxyl groups excluding tert-OH is 1. The summed E-state index contributed by atoms with van der Waals surface area (Å²) >= 11 is 0. The van der Waals surface area contributed by atoms with E-state index in [1.807, 2.05) is 0 Å². The zero-order chi connectivity index (χ0) is 10.3. The molecule has 0 aliphatic heterocycles. The normalized spacial score (nSPS) is 42.3. The predicted octanol–water partition coefficient (Wildman–Crippen LogP) is 0.942. The monoisotopic (exact) mass is 196 g/mol. The van der Waals surface area contributed by atoms with E-state index in [-0.39, 0.29) is 35.4 Å². The number of rotatable bonds is 1. The minimum absolute atomic E-state index is 0.0603. The molecule has 0 amide bonds. The van der Waals surface area contributed by atoms with Gasteiger partial charge in [-0.1, -0.05) is 0 Å². The van der Waals surface area contributed by atoms with Crippen LogP contribution in [0.2, 0.25) is 0 Å². The third kappa shape index (κ3) is 1.50. The smallest absolute Gasteiger partial charge is 0.134 e. The Morgan fingerprint density at radius 3 is 2.64 bits per heavy atom. The maximum Gasteiger partial charge on any atom is 0.134 e. The topological polar surface area (TPSA) is 54.4 Å². The lowest BCUT2D eigenvalue weighted by Gasteiger charge is -2.32. The highest BCUT2D eigenvalue weighted by atomic mass is 16.3. The molecule has 0 aromatic carbocycles. The SMILES string of the molecule is CC(=O)C1CC(=O)CC2C(O)CCC12. The van der Waals surface area contributed by atoms with Crippen LogP contribution in [-0.4, -0.2) is 22.8 Å². The number of hydrogen-bond donors (Lipinski definition) is 1. The molecular weight excluding hydrogens is 180 g/mol. The van der Waals surface area contributed by atoms with E-state index in [1.165, 1.54) is 0 Å². The molecule has 0 radical (unpaired) electrons. The Hall–Kier alpha value is -0.700. The van der Waals surface area contributed by atoms with Gasteiger partial charge in [-0.3, -0.25) is 9.59 Å². The Morgan fingerprint density at radius 2 is 2.00 bits per heavy atom. The minimum Gasteiger partial charge on any atom is -0.393 e. The molecule has 0 aromatic rings. The first-order chi connectivity index (χ1) is 6.59. The van der Waals surface area contributed by atoms with Crippen molar-refractivity contribution in [3.63, 3.8) is 0 Å². The van der Waals surface area contributed by atoms with Gasteiger partial charge in [0.15, 0.2) is 0 Å². The lowest BCUT2D eigenvalue weighted by atomic mass is 9.71. The molecule has 2 rings (SSSR count). The summed E-state index contributed by atoms with van der Waals surface area (Å²) in [6, 6.07) is 0. The summed E-state index contributed by atoms with van der Waals surface area (Å²) in [4.78, 5) is 22.8. The van der Waals surface area contributed by atoms with Crippen LogP contribution in [-0.2, 0) is 9.59 Å². The number of carbonyl (C=O) groups is 2. The van der Waals surface area contributed by atoms with Crippen molar-refractivity contribution in [1.29, 1.82) is 0 Å².